The number of carbonyl (C=O) groups is 1. The SMILES string of the molecule is C[C@H]1CCCC[C@@H]1NC(=O)COc1cccc(Br)c1. The zero-order chi connectivity index (χ0) is 13.7. The van der Waals surface area contributed by atoms with E-state index in [0.717, 1.165) is 10.9 Å². The second-order valence-electron chi connectivity index (χ2n) is 5.18. The summed E-state index contributed by atoms with van der Waals surface area (Å²) in [6.45, 7) is 2.29. The van der Waals surface area contributed by atoms with Crippen LogP contribution in [0.3, 0.4) is 0 Å². The monoisotopic (exact) mass is 325 g/mol. The van der Waals surface area contributed by atoms with Gasteiger partial charge in [0.05, 0.1) is 0 Å². The number of halogens is 1. The number of rotatable bonds is 4. The van der Waals surface area contributed by atoms with Crippen LogP contribution in [0.25, 0.3) is 0 Å². The van der Waals surface area contributed by atoms with E-state index in [4.69, 9.17) is 4.74 Å². The quantitative estimate of drug-likeness (QED) is 0.919. The van der Waals surface area contributed by atoms with Crippen molar-refractivity contribution >= 4 is 21.8 Å². The number of hydrogen-bond donors (Lipinski definition) is 1. The zero-order valence-corrected chi connectivity index (χ0v) is 12.8. The van der Waals surface area contributed by atoms with Crippen LogP contribution in [0.2, 0.25) is 0 Å². The molecule has 0 heterocycles. The second kappa shape index (κ2) is 6.94. The average molecular weight is 326 g/mol. The van der Waals surface area contributed by atoms with Crippen LogP contribution in [0.5, 0.6) is 5.75 Å². The third-order valence-electron chi connectivity index (χ3n) is 3.62. The highest BCUT2D eigenvalue weighted by Gasteiger charge is 2.22. The topological polar surface area (TPSA) is 38.3 Å². The van der Waals surface area contributed by atoms with Crippen molar-refractivity contribution in [2.24, 2.45) is 5.92 Å². The van der Waals surface area contributed by atoms with Gasteiger partial charge in [-0.25, -0.2) is 0 Å². The third kappa shape index (κ3) is 4.53. The zero-order valence-electron chi connectivity index (χ0n) is 11.2. The van der Waals surface area contributed by atoms with Gasteiger partial charge in [-0.05, 0) is 37.0 Å². The van der Waals surface area contributed by atoms with Gasteiger partial charge in [0.2, 0.25) is 0 Å². The molecule has 0 spiro atoms. The molecule has 2 rings (SSSR count). The molecule has 4 heteroatoms. The number of ether oxygens (including phenoxy) is 1. The summed E-state index contributed by atoms with van der Waals surface area (Å²) in [5.74, 6) is 1.25. The number of amides is 1. The van der Waals surface area contributed by atoms with Crippen molar-refractivity contribution in [1.82, 2.24) is 5.32 Å². The van der Waals surface area contributed by atoms with E-state index in [0.29, 0.717) is 17.7 Å². The summed E-state index contributed by atoms with van der Waals surface area (Å²) in [6.07, 6.45) is 4.78. The predicted molar refractivity (Wildman–Crippen MR) is 79.2 cm³/mol. The summed E-state index contributed by atoms with van der Waals surface area (Å²) in [5, 5.41) is 3.08. The highest BCUT2D eigenvalue weighted by atomic mass is 79.9. The minimum absolute atomic E-state index is 0.0290. The molecule has 0 aromatic heterocycles. The van der Waals surface area contributed by atoms with Gasteiger partial charge in [0.1, 0.15) is 5.75 Å². The molecule has 1 aromatic carbocycles. The van der Waals surface area contributed by atoms with Crippen LogP contribution in [0.15, 0.2) is 28.7 Å². The van der Waals surface area contributed by atoms with Gasteiger partial charge in [-0.1, -0.05) is 41.8 Å². The Morgan fingerprint density at radius 2 is 2.21 bits per heavy atom. The molecule has 104 valence electrons. The largest absolute Gasteiger partial charge is 0.484 e. The Bertz CT molecular complexity index is 436. The van der Waals surface area contributed by atoms with Gasteiger partial charge in [-0.3, -0.25) is 4.79 Å². The first-order valence-electron chi connectivity index (χ1n) is 6.83. The average Bonchev–Trinajstić information content (AvgIpc) is 2.39. The fourth-order valence-corrected chi connectivity index (χ4v) is 2.86. The number of nitrogens with one attached hydrogen (secondary N) is 1. The lowest BCUT2D eigenvalue weighted by Crippen LogP contribution is -2.43. The summed E-state index contributed by atoms with van der Waals surface area (Å²) in [6, 6.07) is 7.84. The molecule has 0 unspecified atom stereocenters. The van der Waals surface area contributed by atoms with E-state index in [9.17, 15) is 4.79 Å². The summed E-state index contributed by atoms with van der Waals surface area (Å²) < 4.78 is 6.43. The molecule has 2 atom stereocenters. The number of carbonyl (C=O) groups excluding carboxylic acids is 1. The molecule has 0 bridgehead atoms. The Hall–Kier alpha value is -1.03. The molecule has 1 fully saturated rings. The van der Waals surface area contributed by atoms with E-state index in [1.165, 1.54) is 19.3 Å². The van der Waals surface area contributed by atoms with Gasteiger partial charge in [0.15, 0.2) is 6.61 Å². The lowest BCUT2D eigenvalue weighted by Gasteiger charge is -2.29. The van der Waals surface area contributed by atoms with E-state index in [2.05, 4.69) is 28.2 Å². The minimum Gasteiger partial charge on any atom is -0.484 e. The maximum atomic E-state index is 11.9. The van der Waals surface area contributed by atoms with Gasteiger partial charge in [-0.15, -0.1) is 0 Å². The molecular weight excluding hydrogens is 306 g/mol. The van der Waals surface area contributed by atoms with Crippen molar-refractivity contribution in [1.29, 1.82) is 0 Å². The van der Waals surface area contributed by atoms with Gasteiger partial charge < -0.3 is 10.1 Å². The van der Waals surface area contributed by atoms with Crippen molar-refractivity contribution in [2.75, 3.05) is 6.61 Å². The first-order chi connectivity index (χ1) is 9.15. The molecule has 19 heavy (non-hydrogen) atoms. The molecule has 1 aliphatic carbocycles. The second-order valence-corrected chi connectivity index (χ2v) is 6.10. The third-order valence-corrected chi connectivity index (χ3v) is 4.12. The fraction of sp³-hybridized carbons (Fsp3) is 0.533. The molecule has 1 aliphatic rings. The normalized spacial score (nSPS) is 22.8. The highest BCUT2D eigenvalue weighted by molar-refractivity contribution is 9.10. The molecule has 0 saturated heterocycles. The first-order valence-corrected chi connectivity index (χ1v) is 7.62. The Balaban J connectivity index is 1.78. The van der Waals surface area contributed by atoms with Crippen molar-refractivity contribution in [3.8, 4) is 5.75 Å². The molecule has 1 aromatic rings. The van der Waals surface area contributed by atoms with E-state index >= 15 is 0 Å². The Morgan fingerprint density at radius 3 is 2.95 bits per heavy atom. The molecule has 1 saturated carbocycles. The first kappa shape index (κ1) is 14.4. The summed E-state index contributed by atoms with van der Waals surface area (Å²) in [7, 11) is 0. The van der Waals surface area contributed by atoms with E-state index in [1.54, 1.807) is 0 Å². The molecular formula is C15H20BrNO2. The maximum Gasteiger partial charge on any atom is 0.258 e. The molecule has 1 N–H and O–H groups in total. The van der Waals surface area contributed by atoms with Gasteiger partial charge in [0.25, 0.3) is 5.91 Å². The lowest BCUT2D eigenvalue weighted by atomic mass is 9.86. The van der Waals surface area contributed by atoms with Crippen molar-refractivity contribution < 1.29 is 9.53 Å². The van der Waals surface area contributed by atoms with Crippen molar-refractivity contribution in [2.45, 2.75) is 38.6 Å². The number of benzene rings is 1. The fourth-order valence-electron chi connectivity index (χ4n) is 2.48. The van der Waals surface area contributed by atoms with E-state index < -0.39 is 0 Å². The van der Waals surface area contributed by atoms with Gasteiger partial charge in [0, 0.05) is 10.5 Å². The molecule has 0 radical (unpaired) electrons. The van der Waals surface area contributed by atoms with Gasteiger partial charge in [-0.2, -0.15) is 0 Å². The predicted octanol–water partition coefficient (Wildman–Crippen LogP) is 3.52. The lowest BCUT2D eigenvalue weighted by molar-refractivity contribution is -0.124. The van der Waals surface area contributed by atoms with Crippen LogP contribution in [0.4, 0.5) is 0 Å². The van der Waals surface area contributed by atoms with Crippen LogP contribution in [0, 0.1) is 5.92 Å². The summed E-state index contributed by atoms with van der Waals surface area (Å²) in [5.41, 5.74) is 0. The van der Waals surface area contributed by atoms with Crippen molar-refractivity contribution in [3.63, 3.8) is 0 Å². The van der Waals surface area contributed by atoms with Crippen LogP contribution < -0.4 is 10.1 Å². The molecule has 3 nitrogen and oxygen atoms in total. The summed E-state index contributed by atoms with van der Waals surface area (Å²) >= 11 is 3.38. The Labute approximate surface area is 122 Å². The molecule has 0 aliphatic heterocycles. The Morgan fingerprint density at radius 1 is 1.42 bits per heavy atom. The van der Waals surface area contributed by atoms with Crippen LogP contribution in [0.1, 0.15) is 32.6 Å². The van der Waals surface area contributed by atoms with Crippen LogP contribution in [-0.2, 0) is 4.79 Å². The number of hydrogen-bond acceptors (Lipinski definition) is 2. The summed E-state index contributed by atoms with van der Waals surface area (Å²) in [4.78, 5) is 11.9. The van der Waals surface area contributed by atoms with Gasteiger partial charge >= 0.3 is 0 Å². The van der Waals surface area contributed by atoms with Crippen molar-refractivity contribution in [3.05, 3.63) is 28.7 Å². The van der Waals surface area contributed by atoms with Crippen LogP contribution in [-0.4, -0.2) is 18.6 Å². The smallest absolute Gasteiger partial charge is 0.258 e. The maximum absolute atomic E-state index is 11.9. The standard InChI is InChI=1S/C15H20BrNO2/c1-11-5-2-3-8-14(11)17-15(18)10-19-13-7-4-6-12(16)9-13/h4,6-7,9,11,14H,2-3,5,8,10H2,1H3,(H,17,18)/t11-,14-/m0/s1. The minimum atomic E-state index is -0.0290. The van der Waals surface area contributed by atoms with Crippen LogP contribution >= 0.6 is 15.9 Å². The highest BCUT2D eigenvalue weighted by Crippen LogP contribution is 2.23. The molecule has 1 amide bonds. The Kier molecular flexibility index (Phi) is 5.25. The van der Waals surface area contributed by atoms with E-state index in [1.807, 2.05) is 24.3 Å². The van der Waals surface area contributed by atoms with E-state index in [-0.39, 0.29) is 12.5 Å².